The second-order valence-corrected chi connectivity index (χ2v) is 6.19. The summed E-state index contributed by atoms with van der Waals surface area (Å²) in [5, 5.41) is 0. The topological polar surface area (TPSA) is 26.3 Å². The molecule has 0 atom stereocenters. The van der Waals surface area contributed by atoms with Crippen LogP contribution in [0.1, 0.15) is 37.7 Å². The van der Waals surface area contributed by atoms with E-state index in [-0.39, 0.29) is 10.6 Å². The zero-order valence-electron chi connectivity index (χ0n) is 11.1. The Morgan fingerprint density at radius 1 is 1.11 bits per heavy atom. The molecule has 0 radical (unpaired) electrons. The first-order chi connectivity index (χ1) is 9.18. The summed E-state index contributed by atoms with van der Waals surface area (Å²) >= 11 is 8.20. The number of esters is 1. The van der Waals surface area contributed by atoms with Gasteiger partial charge in [-0.1, -0.05) is 30.3 Å². The highest BCUT2D eigenvalue weighted by Crippen LogP contribution is 2.10. The summed E-state index contributed by atoms with van der Waals surface area (Å²) in [6, 6.07) is 10.4. The van der Waals surface area contributed by atoms with Crippen molar-refractivity contribution < 1.29 is 9.53 Å². The fourth-order valence-corrected chi connectivity index (χ4v) is 2.02. The molecule has 0 aromatic heterocycles. The second kappa shape index (κ2) is 10.2. The smallest absolute Gasteiger partial charge is 0.305 e. The molecule has 0 aliphatic heterocycles. The highest BCUT2D eigenvalue weighted by atomic mass is 32.2. The van der Waals surface area contributed by atoms with Gasteiger partial charge in [0.2, 0.25) is 0 Å². The predicted octanol–water partition coefficient (Wildman–Crippen LogP) is 3.91. The molecule has 0 fully saturated rings. The number of unbranched alkanes of at least 4 members (excludes halogenated alkanes) is 2. The van der Waals surface area contributed by atoms with Gasteiger partial charge in [0.15, 0.2) is 0 Å². The van der Waals surface area contributed by atoms with Crippen LogP contribution < -0.4 is 0 Å². The number of hydrogen-bond donors (Lipinski definition) is 2. The van der Waals surface area contributed by atoms with Crippen LogP contribution >= 0.6 is 25.3 Å². The molecule has 1 aromatic rings. The number of aryl methyl sites for hydroxylation is 1. The number of ether oxygens (including phenoxy) is 1. The molecule has 0 heterocycles. The van der Waals surface area contributed by atoms with Crippen LogP contribution in [0.25, 0.3) is 0 Å². The zero-order valence-corrected chi connectivity index (χ0v) is 12.9. The number of carbonyl (C=O) groups excluding carboxylic acids is 1. The summed E-state index contributed by atoms with van der Waals surface area (Å²) in [6.07, 6.45) is 5.31. The first-order valence-corrected chi connectivity index (χ1v) is 7.77. The Labute approximate surface area is 126 Å². The van der Waals surface area contributed by atoms with E-state index < -0.39 is 0 Å². The van der Waals surface area contributed by atoms with Gasteiger partial charge in [0.05, 0.1) is 6.61 Å². The summed E-state index contributed by atoms with van der Waals surface area (Å²) in [5.41, 5.74) is 1.37. The van der Waals surface area contributed by atoms with E-state index in [1.54, 1.807) is 0 Å². The average molecular weight is 298 g/mol. The number of thiol groups is 2. The van der Waals surface area contributed by atoms with Crippen molar-refractivity contribution >= 4 is 31.2 Å². The summed E-state index contributed by atoms with van der Waals surface area (Å²) < 4.78 is 5.09. The van der Waals surface area contributed by atoms with Crippen LogP contribution in [-0.4, -0.2) is 17.2 Å². The molecule has 0 amide bonds. The minimum atomic E-state index is -0.142. The van der Waals surface area contributed by atoms with Crippen LogP contribution in [-0.2, 0) is 16.0 Å². The molecule has 0 N–H and O–H groups in total. The van der Waals surface area contributed by atoms with Crippen molar-refractivity contribution in [1.82, 2.24) is 0 Å². The third-order valence-corrected chi connectivity index (χ3v) is 3.34. The molecule has 0 unspecified atom stereocenters. The van der Waals surface area contributed by atoms with Gasteiger partial charge in [-0.15, -0.1) is 0 Å². The lowest BCUT2D eigenvalue weighted by atomic mass is 10.1. The third-order valence-electron chi connectivity index (χ3n) is 2.82. The molecule has 1 aromatic carbocycles. The van der Waals surface area contributed by atoms with Gasteiger partial charge < -0.3 is 4.74 Å². The third kappa shape index (κ3) is 9.00. The Bertz CT molecular complexity index is 352. The monoisotopic (exact) mass is 298 g/mol. The molecule has 2 nitrogen and oxygen atoms in total. The Morgan fingerprint density at radius 2 is 1.84 bits per heavy atom. The van der Waals surface area contributed by atoms with E-state index >= 15 is 0 Å². The van der Waals surface area contributed by atoms with E-state index in [1.165, 1.54) is 5.56 Å². The van der Waals surface area contributed by atoms with Crippen LogP contribution in [0.3, 0.4) is 0 Å². The van der Waals surface area contributed by atoms with Gasteiger partial charge in [-0.05, 0) is 37.7 Å². The molecule has 0 saturated heterocycles. The maximum Gasteiger partial charge on any atom is 0.305 e. The van der Waals surface area contributed by atoms with E-state index in [0.29, 0.717) is 19.4 Å². The van der Waals surface area contributed by atoms with Crippen molar-refractivity contribution in [3.05, 3.63) is 35.9 Å². The fraction of sp³-hybridized carbons (Fsp3) is 0.533. The quantitative estimate of drug-likeness (QED) is 0.313. The predicted molar refractivity (Wildman–Crippen MR) is 86.0 cm³/mol. The Hall–Kier alpha value is -0.610. The molecule has 4 heteroatoms. The first-order valence-electron chi connectivity index (χ1n) is 6.74. The standard InChI is InChI=1S/C15H22O2S2/c16-14(10-11-15(18)19)17-12-6-2-5-9-13-7-3-1-4-8-13/h1,3-4,7-8,15,18-19H,2,5-6,9-12H2. The summed E-state index contributed by atoms with van der Waals surface area (Å²) in [7, 11) is 0. The van der Waals surface area contributed by atoms with E-state index in [2.05, 4.69) is 49.5 Å². The molecule has 0 aliphatic carbocycles. The second-order valence-electron chi connectivity index (χ2n) is 4.54. The summed E-state index contributed by atoms with van der Waals surface area (Å²) in [4.78, 5) is 11.3. The molecular weight excluding hydrogens is 276 g/mol. The summed E-state index contributed by atoms with van der Waals surface area (Å²) in [6.45, 7) is 0.525. The van der Waals surface area contributed by atoms with E-state index in [1.807, 2.05) is 6.07 Å². The van der Waals surface area contributed by atoms with Crippen LogP contribution in [0.5, 0.6) is 0 Å². The molecule has 1 rings (SSSR count). The SMILES string of the molecule is O=C(CCC(S)S)OCCCCCc1ccccc1. The van der Waals surface area contributed by atoms with Crippen molar-refractivity contribution in [3.8, 4) is 0 Å². The van der Waals surface area contributed by atoms with Crippen molar-refractivity contribution in [3.63, 3.8) is 0 Å². The molecule has 0 aliphatic rings. The largest absolute Gasteiger partial charge is 0.466 e. The van der Waals surface area contributed by atoms with E-state index in [4.69, 9.17) is 4.74 Å². The fourth-order valence-electron chi connectivity index (χ4n) is 1.76. The minimum absolute atomic E-state index is 0.0431. The Balaban J connectivity index is 1.95. The molecular formula is C15H22O2S2. The van der Waals surface area contributed by atoms with Gasteiger partial charge in [-0.3, -0.25) is 4.79 Å². The molecule has 19 heavy (non-hydrogen) atoms. The Kier molecular flexibility index (Phi) is 8.84. The van der Waals surface area contributed by atoms with Gasteiger partial charge in [-0.2, -0.15) is 25.3 Å². The highest BCUT2D eigenvalue weighted by Gasteiger charge is 2.04. The van der Waals surface area contributed by atoms with Gasteiger partial charge >= 0.3 is 5.97 Å². The van der Waals surface area contributed by atoms with Crippen LogP contribution in [0.2, 0.25) is 0 Å². The lowest BCUT2D eigenvalue weighted by Crippen LogP contribution is -2.07. The molecule has 0 spiro atoms. The van der Waals surface area contributed by atoms with Crippen molar-refractivity contribution in [1.29, 1.82) is 0 Å². The normalized spacial score (nSPS) is 10.7. The highest BCUT2D eigenvalue weighted by molar-refractivity contribution is 7.99. The lowest BCUT2D eigenvalue weighted by molar-refractivity contribution is -0.143. The number of hydrogen-bond acceptors (Lipinski definition) is 4. The summed E-state index contributed by atoms with van der Waals surface area (Å²) in [5.74, 6) is -0.142. The van der Waals surface area contributed by atoms with Gasteiger partial charge in [0.25, 0.3) is 0 Å². The van der Waals surface area contributed by atoms with Crippen molar-refractivity contribution in [2.45, 2.75) is 43.1 Å². The maximum atomic E-state index is 11.3. The maximum absolute atomic E-state index is 11.3. The number of rotatable bonds is 9. The molecule has 106 valence electrons. The van der Waals surface area contributed by atoms with Crippen molar-refractivity contribution in [2.24, 2.45) is 0 Å². The van der Waals surface area contributed by atoms with Crippen LogP contribution in [0.15, 0.2) is 30.3 Å². The molecule has 0 bridgehead atoms. The zero-order chi connectivity index (χ0) is 13.9. The molecule has 0 saturated carbocycles. The first kappa shape index (κ1) is 16.4. The van der Waals surface area contributed by atoms with Crippen LogP contribution in [0.4, 0.5) is 0 Å². The van der Waals surface area contributed by atoms with Gasteiger partial charge in [-0.25, -0.2) is 0 Å². The van der Waals surface area contributed by atoms with Gasteiger partial charge in [0, 0.05) is 11.0 Å². The lowest BCUT2D eigenvalue weighted by Gasteiger charge is -2.06. The number of carbonyl (C=O) groups is 1. The Morgan fingerprint density at radius 3 is 2.53 bits per heavy atom. The van der Waals surface area contributed by atoms with E-state index in [0.717, 1.165) is 25.7 Å². The van der Waals surface area contributed by atoms with E-state index in [9.17, 15) is 4.79 Å². The average Bonchev–Trinajstić information content (AvgIpc) is 2.41. The van der Waals surface area contributed by atoms with Crippen molar-refractivity contribution in [2.75, 3.05) is 6.61 Å². The van der Waals surface area contributed by atoms with Crippen LogP contribution in [0, 0.1) is 0 Å². The minimum Gasteiger partial charge on any atom is -0.466 e. The van der Waals surface area contributed by atoms with Gasteiger partial charge in [0.1, 0.15) is 0 Å². The number of benzene rings is 1.